The fraction of sp³-hybridized carbons (Fsp3) is 0.190. The lowest BCUT2D eigenvalue weighted by molar-refractivity contribution is 0.666. The highest BCUT2D eigenvalue weighted by Crippen LogP contribution is 2.30. The molecule has 5 rings (SSSR count). The molecule has 0 bridgehead atoms. The van der Waals surface area contributed by atoms with E-state index in [4.69, 9.17) is 5.73 Å². The van der Waals surface area contributed by atoms with Crippen LogP contribution in [0.4, 0.5) is 17.5 Å². The molecule has 6 heteroatoms. The van der Waals surface area contributed by atoms with Crippen LogP contribution in [-0.2, 0) is 12.8 Å². The highest BCUT2D eigenvalue weighted by Gasteiger charge is 2.17. The van der Waals surface area contributed by atoms with Gasteiger partial charge in [0.2, 0.25) is 5.95 Å². The van der Waals surface area contributed by atoms with Crippen LogP contribution in [0.15, 0.2) is 55.0 Å². The van der Waals surface area contributed by atoms with Gasteiger partial charge in [-0.2, -0.15) is 4.98 Å². The van der Waals surface area contributed by atoms with Gasteiger partial charge >= 0.3 is 0 Å². The highest BCUT2D eigenvalue weighted by atomic mass is 15.1. The Morgan fingerprint density at radius 2 is 1.81 bits per heavy atom. The van der Waals surface area contributed by atoms with Gasteiger partial charge in [0.05, 0.1) is 11.2 Å². The summed E-state index contributed by atoms with van der Waals surface area (Å²) in [5.41, 5.74) is 11.5. The SMILES string of the molecule is Nc1nc2c(c(Nc3ccc4c(ccn4-c4ccncc4)c3)n1)CCCC2. The van der Waals surface area contributed by atoms with E-state index in [0.717, 1.165) is 53.1 Å². The van der Waals surface area contributed by atoms with Gasteiger partial charge in [-0.1, -0.05) is 0 Å². The van der Waals surface area contributed by atoms with Crippen molar-refractivity contribution in [2.45, 2.75) is 25.7 Å². The topological polar surface area (TPSA) is 81.6 Å². The molecule has 3 N–H and O–H groups in total. The fourth-order valence-electron chi connectivity index (χ4n) is 3.80. The van der Waals surface area contributed by atoms with Gasteiger partial charge in [0.25, 0.3) is 0 Å². The Balaban J connectivity index is 1.51. The van der Waals surface area contributed by atoms with Crippen LogP contribution >= 0.6 is 0 Å². The number of pyridine rings is 1. The third-order valence-corrected chi connectivity index (χ3v) is 5.09. The van der Waals surface area contributed by atoms with Gasteiger partial charge in [0, 0.05) is 40.9 Å². The number of hydrogen-bond acceptors (Lipinski definition) is 5. The Labute approximate surface area is 157 Å². The number of benzene rings is 1. The van der Waals surface area contributed by atoms with Crippen molar-refractivity contribution < 1.29 is 0 Å². The maximum absolute atomic E-state index is 5.92. The number of hydrogen-bond donors (Lipinski definition) is 2. The Hall–Kier alpha value is -3.41. The number of aromatic nitrogens is 4. The molecule has 1 aromatic carbocycles. The average molecular weight is 356 g/mol. The standard InChI is InChI=1S/C21H20N6/c22-21-25-18-4-2-1-3-17(18)20(26-21)24-15-5-6-19-14(13-15)9-12-27(19)16-7-10-23-11-8-16/h5-13H,1-4H2,(H3,22,24,25,26). The summed E-state index contributed by atoms with van der Waals surface area (Å²) in [6.45, 7) is 0. The summed E-state index contributed by atoms with van der Waals surface area (Å²) >= 11 is 0. The van der Waals surface area contributed by atoms with Crippen LogP contribution in [0.5, 0.6) is 0 Å². The molecule has 1 aliphatic rings. The normalized spacial score (nSPS) is 13.5. The van der Waals surface area contributed by atoms with E-state index in [0.29, 0.717) is 5.95 Å². The number of nitrogens with two attached hydrogens (primary N) is 1. The van der Waals surface area contributed by atoms with Crippen molar-refractivity contribution in [1.29, 1.82) is 0 Å². The van der Waals surface area contributed by atoms with Crippen LogP contribution in [0.1, 0.15) is 24.1 Å². The first-order valence-corrected chi connectivity index (χ1v) is 9.22. The number of nitrogens with one attached hydrogen (secondary N) is 1. The summed E-state index contributed by atoms with van der Waals surface area (Å²) < 4.78 is 2.16. The second-order valence-electron chi connectivity index (χ2n) is 6.85. The van der Waals surface area contributed by atoms with Gasteiger partial charge in [-0.15, -0.1) is 0 Å². The lowest BCUT2D eigenvalue weighted by Gasteiger charge is -2.19. The molecule has 0 unspecified atom stereocenters. The van der Waals surface area contributed by atoms with Crippen molar-refractivity contribution in [2.75, 3.05) is 11.1 Å². The van der Waals surface area contributed by atoms with Crippen LogP contribution in [0.3, 0.4) is 0 Å². The minimum absolute atomic E-state index is 0.336. The summed E-state index contributed by atoms with van der Waals surface area (Å²) in [5, 5.41) is 4.62. The lowest BCUT2D eigenvalue weighted by Crippen LogP contribution is -2.12. The number of aryl methyl sites for hydroxylation is 1. The van der Waals surface area contributed by atoms with E-state index in [1.54, 1.807) is 12.4 Å². The first kappa shape index (κ1) is 15.8. The molecule has 0 aliphatic heterocycles. The fourth-order valence-corrected chi connectivity index (χ4v) is 3.80. The first-order chi connectivity index (χ1) is 13.3. The van der Waals surface area contributed by atoms with Crippen LogP contribution in [0.2, 0.25) is 0 Å². The Morgan fingerprint density at radius 3 is 2.70 bits per heavy atom. The third-order valence-electron chi connectivity index (χ3n) is 5.09. The number of rotatable bonds is 3. The van der Waals surface area contributed by atoms with Crippen LogP contribution in [0.25, 0.3) is 16.6 Å². The van der Waals surface area contributed by atoms with E-state index in [1.165, 1.54) is 12.0 Å². The van der Waals surface area contributed by atoms with Crippen molar-refractivity contribution in [1.82, 2.24) is 19.5 Å². The van der Waals surface area contributed by atoms with E-state index in [9.17, 15) is 0 Å². The zero-order chi connectivity index (χ0) is 18.2. The molecule has 6 nitrogen and oxygen atoms in total. The van der Waals surface area contributed by atoms with E-state index in [1.807, 2.05) is 12.1 Å². The predicted molar refractivity (Wildman–Crippen MR) is 107 cm³/mol. The molecule has 1 aliphatic carbocycles. The van der Waals surface area contributed by atoms with E-state index in [-0.39, 0.29) is 0 Å². The van der Waals surface area contributed by atoms with E-state index >= 15 is 0 Å². The largest absolute Gasteiger partial charge is 0.368 e. The minimum atomic E-state index is 0.336. The molecule has 0 amide bonds. The number of fused-ring (bicyclic) bond motifs is 2. The molecule has 0 fully saturated rings. The predicted octanol–water partition coefficient (Wildman–Crippen LogP) is 4.02. The summed E-state index contributed by atoms with van der Waals surface area (Å²) in [6.07, 6.45) is 10.00. The smallest absolute Gasteiger partial charge is 0.222 e. The number of nitrogens with zero attached hydrogens (tertiary/aromatic N) is 4. The molecule has 3 aromatic heterocycles. The quantitative estimate of drug-likeness (QED) is 0.579. The summed E-state index contributed by atoms with van der Waals surface area (Å²) in [6, 6.07) is 12.5. The zero-order valence-electron chi connectivity index (χ0n) is 14.9. The van der Waals surface area contributed by atoms with Gasteiger partial charge in [-0.3, -0.25) is 4.98 Å². The van der Waals surface area contributed by atoms with Crippen molar-refractivity contribution in [3.8, 4) is 5.69 Å². The second-order valence-corrected chi connectivity index (χ2v) is 6.85. The summed E-state index contributed by atoms with van der Waals surface area (Å²) in [5.74, 6) is 1.17. The first-order valence-electron chi connectivity index (χ1n) is 9.22. The van der Waals surface area contributed by atoms with Crippen molar-refractivity contribution in [3.05, 3.63) is 66.2 Å². The number of nitrogen functional groups attached to an aromatic ring is 1. The van der Waals surface area contributed by atoms with Gasteiger partial charge in [0.15, 0.2) is 0 Å². The lowest BCUT2D eigenvalue weighted by atomic mass is 9.96. The van der Waals surface area contributed by atoms with Gasteiger partial charge in [-0.05, 0) is 62.1 Å². The molecule has 27 heavy (non-hydrogen) atoms. The van der Waals surface area contributed by atoms with Crippen molar-refractivity contribution >= 4 is 28.4 Å². The molecule has 134 valence electrons. The minimum Gasteiger partial charge on any atom is -0.368 e. The molecule has 0 saturated carbocycles. The molecular weight excluding hydrogens is 336 g/mol. The molecule has 0 atom stereocenters. The number of anilines is 3. The molecule has 0 spiro atoms. The second kappa shape index (κ2) is 6.39. The summed E-state index contributed by atoms with van der Waals surface area (Å²) in [7, 11) is 0. The molecule has 0 saturated heterocycles. The highest BCUT2D eigenvalue weighted by molar-refractivity contribution is 5.86. The van der Waals surface area contributed by atoms with E-state index < -0.39 is 0 Å². The summed E-state index contributed by atoms with van der Waals surface area (Å²) in [4.78, 5) is 13.0. The van der Waals surface area contributed by atoms with Crippen molar-refractivity contribution in [2.24, 2.45) is 0 Å². The van der Waals surface area contributed by atoms with Gasteiger partial charge in [-0.25, -0.2) is 4.98 Å². The molecule has 0 radical (unpaired) electrons. The molecular formula is C21H20N6. The maximum Gasteiger partial charge on any atom is 0.222 e. The van der Waals surface area contributed by atoms with E-state index in [2.05, 4.69) is 55.3 Å². The third kappa shape index (κ3) is 2.89. The Kier molecular flexibility index (Phi) is 3.74. The van der Waals surface area contributed by atoms with Crippen molar-refractivity contribution in [3.63, 3.8) is 0 Å². The van der Waals surface area contributed by atoms with Gasteiger partial charge < -0.3 is 15.6 Å². The average Bonchev–Trinajstić information content (AvgIpc) is 3.12. The molecule has 3 heterocycles. The Morgan fingerprint density at radius 1 is 0.963 bits per heavy atom. The maximum atomic E-state index is 5.92. The van der Waals surface area contributed by atoms with Crippen LogP contribution in [0, 0.1) is 0 Å². The molecule has 4 aromatic rings. The monoisotopic (exact) mass is 356 g/mol. The van der Waals surface area contributed by atoms with Crippen LogP contribution < -0.4 is 11.1 Å². The zero-order valence-corrected chi connectivity index (χ0v) is 14.9. The van der Waals surface area contributed by atoms with Crippen LogP contribution in [-0.4, -0.2) is 19.5 Å². The van der Waals surface area contributed by atoms with Gasteiger partial charge in [0.1, 0.15) is 5.82 Å². The Bertz CT molecular complexity index is 1120.